The van der Waals surface area contributed by atoms with Crippen LogP contribution in [0, 0.1) is 5.82 Å². The summed E-state index contributed by atoms with van der Waals surface area (Å²) in [5.74, 6) is -0.673. The van der Waals surface area contributed by atoms with E-state index in [4.69, 9.17) is 9.47 Å². The van der Waals surface area contributed by atoms with Gasteiger partial charge in [-0.2, -0.15) is 0 Å². The smallest absolute Gasteiger partial charge is 0.260 e. The summed E-state index contributed by atoms with van der Waals surface area (Å²) in [5, 5.41) is 2.71. The molecule has 0 unspecified atom stereocenters. The zero-order chi connectivity index (χ0) is 19.8. The Bertz CT molecular complexity index is 799. The van der Waals surface area contributed by atoms with Crippen molar-refractivity contribution in [3.05, 3.63) is 52.8 Å². The number of amides is 2. The molecule has 2 rings (SSSR count). The van der Waals surface area contributed by atoms with Gasteiger partial charge in [0, 0.05) is 16.7 Å². The number of carbonyl (C=O) groups excluding carboxylic acids is 2. The molecule has 0 atom stereocenters. The van der Waals surface area contributed by atoms with Crippen LogP contribution in [-0.4, -0.2) is 43.5 Å². The van der Waals surface area contributed by atoms with E-state index in [-0.39, 0.29) is 24.8 Å². The summed E-state index contributed by atoms with van der Waals surface area (Å²) in [5.41, 5.74) is 0.595. The first-order chi connectivity index (χ1) is 12.9. The van der Waals surface area contributed by atoms with Gasteiger partial charge in [-0.05, 0) is 49.4 Å². The Balaban J connectivity index is 1.88. The van der Waals surface area contributed by atoms with Crippen molar-refractivity contribution in [2.75, 3.05) is 32.1 Å². The van der Waals surface area contributed by atoms with Gasteiger partial charge in [0.1, 0.15) is 5.75 Å². The quantitative estimate of drug-likeness (QED) is 0.684. The molecule has 0 saturated carbocycles. The van der Waals surface area contributed by atoms with Crippen LogP contribution in [0.4, 0.5) is 10.1 Å². The van der Waals surface area contributed by atoms with E-state index in [1.54, 1.807) is 44.4 Å². The lowest BCUT2D eigenvalue weighted by atomic mass is 10.3. The normalized spacial score (nSPS) is 10.2. The molecule has 6 nitrogen and oxygen atoms in total. The number of nitrogens with zero attached hydrogens (tertiary/aromatic N) is 1. The Labute approximate surface area is 165 Å². The maximum Gasteiger partial charge on any atom is 0.260 e. The second-order valence-corrected chi connectivity index (χ2v) is 6.46. The number of hydrogen-bond acceptors (Lipinski definition) is 4. The van der Waals surface area contributed by atoms with Gasteiger partial charge in [-0.1, -0.05) is 15.9 Å². The summed E-state index contributed by atoms with van der Waals surface area (Å²) in [6, 6.07) is 11.1. The average Bonchev–Trinajstić information content (AvgIpc) is 2.65. The summed E-state index contributed by atoms with van der Waals surface area (Å²) in [4.78, 5) is 25.8. The van der Waals surface area contributed by atoms with E-state index in [1.807, 2.05) is 0 Å². The van der Waals surface area contributed by atoms with E-state index in [1.165, 1.54) is 17.0 Å². The lowest BCUT2D eigenvalue weighted by molar-refractivity contribution is -0.136. The minimum atomic E-state index is -0.572. The van der Waals surface area contributed by atoms with Crippen molar-refractivity contribution in [1.29, 1.82) is 0 Å². The standard InChI is InChI=1S/C19H20BrFN2O4/c1-3-23(11-18(24)22-14-5-7-15(26-2)8-6-14)19(25)12-27-17-9-4-13(20)10-16(17)21/h4-10H,3,11-12H2,1-2H3,(H,22,24). The first-order valence-corrected chi connectivity index (χ1v) is 9.01. The third-order valence-corrected chi connectivity index (χ3v) is 4.18. The molecule has 27 heavy (non-hydrogen) atoms. The third kappa shape index (κ3) is 6.25. The molecule has 8 heteroatoms. The Morgan fingerprint density at radius 1 is 1.19 bits per heavy atom. The van der Waals surface area contributed by atoms with Crippen LogP contribution in [-0.2, 0) is 9.59 Å². The molecule has 0 fully saturated rings. The van der Waals surface area contributed by atoms with Crippen LogP contribution in [0.5, 0.6) is 11.5 Å². The average molecular weight is 439 g/mol. The fourth-order valence-electron chi connectivity index (χ4n) is 2.25. The van der Waals surface area contributed by atoms with Crippen molar-refractivity contribution in [3.63, 3.8) is 0 Å². The number of benzene rings is 2. The predicted octanol–water partition coefficient (Wildman–Crippen LogP) is 3.46. The number of carbonyl (C=O) groups is 2. The van der Waals surface area contributed by atoms with E-state index in [9.17, 15) is 14.0 Å². The number of anilines is 1. The van der Waals surface area contributed by atoms with Gasteiger partial charge in [0.05, 0.1) is 13.7 Å². The van der Waals surface area contributed by atoms with Gasteiger partial charge < -0.3 is 19.7 Å². The first kappa shape index (κ1) is 20.7. The Kier molecular flexibility index (Phi) is 7.60. The van der Waals surface area contributed by atoms with Crippen LogP contribution in [0.25, 0.3) is 0 Å². The number of halogens is 2. The number of rotatable bonds is 8. The SMILES string of the molecule is CCN(CC(=O)Nc1ccc(OC)cc1)C(=O)COc1ccc(Br)cc1F. The largest absolute Gasteiger partial charge is 0.497 e. The molecule has 0 aliphatic heterocycles. The molecule has 0 spiro atoms. The zero-order valence-electron chi connectivity index (χ0n) is 15.0. The highest BCUT2D eigenvalue weighted by molar-refractivity contribution is 9.10. The van der Waals surface area contributed by atoms with Crippen molar-refractivity contribution in [1.82, 2.24) is 4.90 Å². The fourth-order valence-corrected chi connectivity index (χ4v) is 2.58. The number of methoxy groups -OCH3 is 1. The van der Waals surface area contributed by atoms with Crippen LogP contribution >= 0.6 is 15.9 Å². The molecule has 0 aliphatic rings. The molecule has 0 bridgehead atoms. The van der Waals surface area contributed by atoms with Crippen molar-refractivity contribution in [2.24, 2.45) is 0 Å². The van der Waals surface area contributed by atoms with Crippen LogP contribution in [0.3, 0.4) is 0 Å². The molecule has 2 aromatic carbocycles. The number of nitrogens with one attached hydrogen (secondary N) is 1. The molecule has 2 aromatic rings. The van der Waals surface area contributed by atoms with Gasteiger partial charge in [0.15, 0.2) is 18.2 Å². The van der Waals surface area contributed by atoms with Crippen molar-refractivity contribution < 1.29 is 23.5 Å². The summed E-state index contributed by atoms with van der Waals surface area (Å²) < 4.78 is 24.6. The van der Waals surface area contributed by atoms with Gasteiger partial charge in [-0.15, -0.1) is 0 Å². The summed E-state index contributed by atoms with van der Waals surface area (Å²) in [7, 11) is 1.56. The van der Waals surface area contributed by atoms with Crippen molar-refractivity contribution in [3.8, 4) is 11.5 Å². The zero-order valence-corrected chi connectivity index (χ0v) is 16.6. The van der Waals surface area contributed by atoms with Crippen LogP contribution in [0.2, 0.25) is 0 Å². The number of hydrogen-bond donors (Lipinski definition) is 1. The van der Waals surface area contributed by atoms with E-state index in [0.717, 1.165) is 0 Å². The maximum atomic E-state index is 13.7. The van der Waals surface area contributed by atoms with Crippen LogP contribution in [0.15, 0.2) is 46.9 Å². The molecule has 0 saturated heterocycles. The third-order valence-electron chi connectivity index (χ3n) is 3.69. The predicted molar refractivity (Wildman–Crippen MR) is 103 cm³/mol. The van der Waals surface area contributed by atoms with E-state index in [2.05, 4.69) is 21.2 Å². The Hall–Kier alpha value is -2.61. The number of likely N-dealkylation sites (N-methyl/N-ethyl adjacent to an activating group) is 1. The molecule has 144 valence electrons. The molecular weight excluding hydrogens is 419 g/mol. The summed E-state index contributed by atoms with van der Waals surface area (Å²) in [6.45, 7) is 1.58. The molecule has 1 N–H and O–H groups in total. The molecule has 0 radical (unpaired) electrons. The monoisotopic (exact) mass is 438 g/mol. The van der Waals surface area contributed by atoms with Gasteiger partial charge in [0.25, 0.3) is 5.91 Å². The highest BCUT2D eigenvalue weighted by Gasteiger charge is 2.17. The Morgan fingerprint density at radius 3 is 2.48 bits per heavy atom. The molecule has 0 heterocycles. The summed E-state index contributed by atoms with van der Waals surface area (Å²) in [6.07, 6.45) is 0. The second-order valence-electron chi connectivity index (χ2n) is 5.55. The van der Waals surface area contributed by atoms with Crippen LogP contribution in [0.1, 0.15) is 6.92 Å². The molecular formula is C19H20BrFN2O4. The van der Waals surface area contributed by atoms with E-state index >= 15 is 0 Å². The summed E-state index contributed by atoms with van der Waals surface area (Å²) >= 11 is 3.15. The Morgan fingerprint density at radius 2 is 1.89 bits per heavy atom. The topological polar surface area (TPSA) is 67.9 Å². The van der Waals surface area contributed by atoms with Crippen molar-refractivity contribution in [2.45, 2.75) is 6.92 Å². The minimum absolute atomic E-state index is 0.0229. The van der Waals surface area contributed by atoms with E-state index < -0.39 is 11.7 Å². The second kappa shape index (κ2) is 9.91. The molecule has 0 aromatic heterocycles. The lowest BCUT2D eigenvalue weighted by Crippen LogP contribution is -2.40. The lowest BCUT2D eigenvalue weighted by Gasteiger charge is -2.20. The molecule has 0 aliphatic carbocycles. The van der Waals surface area contributed by atoms with Gasteiger partial charge in [0.2, 0.25) is 5.91 Å². The van der Waals surface area contributed by atoms with Crippen LogP contribution < -0.4 is 14.8 Å². The minimum Gasteiger partial charge on any atom is -0.497 e. The maximum absolute atomic E-state index is 13.7. The van der Waals surface area contributed by atoms with Gasteiger partial charge in [-0.25, -0.2) is 4.39 Å². The highest BCUT2D eigenvalue weighted by Crippen LogP contribution is 2.21. The fraction of sp³-hybridized carbons (Fsp3) is 0.263. The van der Waals surface area contributed by atoms with Gasteiger partial charge >= 0.3 is 0 Å². The van der Waals surface area contributed by atoms with Gasteiger partial charge in [-0.3, -0.25) is 9.59 Å². The first-order valence-electron chi connectivity index (χ1n) is 8.22. The molecule has 2 amide bonds. The highest BCUT2D eigenvalue weighted by atomic mass is 79.9. The van der Waals surface area contributed by atoms with E-state index in [0.29, 0.717) is 22.5 Å². The number of ether oxygens (including phenoxy) is 2. The van der Waals surface area contributed by atoms with Crippen molar-refractivity contribution >= 4 is 33.4 Å².